The van der Waals surface area contributed by atoms with Crippen molar-refractivity contribution in [3.8, 4) is 16.9 Å². The van der Waals surface area contributed by atoms with Crippen LogP contribution in [0.5, 0.6) is 5.75 Å². The predicted octanol–water partition coefficient (Wildman–Crippen LogP) is 6.09. The second kappa shape index (κ2) is 10.9. The predicted molar refractivity (Wildman–Crippen MR) is 133 cm³/mol. The van der Waals surface area contributed by atoms with E-state index in [4.69, 9.17) is 22.1 Å². The van der Waals surface area contributed by atoms with Crippen LogP contribution in [-0.2, 0) is 6.54 Å². The number of halogens is 2. The van der Waals surface area contributed by atoms with Gasteiger partial charge in [-0.25, -0.2) is 9.37 Å². The number of benzene rings is 2. The maximum Gasteiger partial charge on any atom is 0.141 e. The number of hydrogen-bond donors (Lipinski definition) is 3. The van der Waals surface area contributed by atoms with E-state index in [1.54, 1.807) is 19.4 Å². The van der Waals surface area contributed by atoms with Crippen molar-refractivity contribution in [3.63, 3.8) is 0 Å². The first-order valence-electron chi connectivity index (χ1n) is 11.3. The van der Waals surface area contributed by atoms with Crippen LogP contribution in [-0.4, -0.2) is 24.7 Å². The van der Waals surface area contributed by atoms with Crippen LogP contribution in [0.2, 0.25) is 5.02 Å². The Morgan fingerprint density at radius 3 is 2.67 bits per heavy atom. The Morgan fingerprint density at radius 1 is 1.12 bits per heavy atom. The van der Waals surface area contributed by atoms with E-state index in [9.17, 15) is 4.39 Å². The zero-order valence-corrected chi connectivity index (χ0v) is 19.5. The van der Waals surface area contributed by atoms with E-state index in [0.29, 0.717) is 29.3 Å². The number of anilines is 2. The van der Waals surface area contributed by atoms with Crippen LogP contribution < -0.4 is 21.1 Å². The van der Waals surface area contributed by atoms with Crippen molar-refractivity contribution in [1.82, 2.24) is 4.98 Å². The van der Waals surface area contributed by atoms with Crippen LogP contribution in [0.3, 0.4) is 0 Å². The first kappa shape index (κ1) is 23.3. The number of nitrogens with zero attached hydrogens (tertiary/aromatic N) is 1. The molecule has 0 bridgehead atoms. The number of hydrogen-bond acceptors (Lipinski definition) is 5. The third kappa shape index (κ3) is 5.95. The lowest BCUT2D eigenvalue weighted by Gasteiger charge is -2.28. The summed E-state index contributed by atoms with van der Waals surface area (Å²) in [6, 6.07) is 14.8. The summed E-state index contributed by atoms with van der Waals surface area (Å²) in [5.74, 6) is 1.90. The average molecular weight is 469 g/mol. The molecule has 1 fully saturated rings. The number of rotatable bonds is 8. The molecule has 1 aliphatic rings. The molecule has 1 heterocycles. The van der Waals surface area contributed by atoms with Gasteiger partial charge in [-0.15, -0.1) is 0 Å². The second-order valence-electron chi connectivity index (χ2n) is 8.55. The lowest BCUT2D eigenvalue weighted by Crippen LogP contribution is -2.29. The SMILES string of the molecule is COc1ccc(-c2cc(NC3CCC(CN)CC3)ncc2Cl)cc1NCc1cccc(F)c1. The monoisotopic (exact) mass is 468 g/mol. The van der Waals surface area contributed by atoms with Crippen molar-refractivity contribution in [1.29, 1.82) is 0 Å². The Kier molecular flexibility index (Phi) is 7.68. The standard InChI is InChI=1S/C26H30ClFN4O/c1-33-25-10-7-19(12-24(25)30-15-18-3-2-4-20(28)11-18)22-13-26(31-16-23(22)27)32-21-8-5-17(14-29)6-9-21/h2-4,7,10-13,16-17,21,30H,5-6,8-9,14-15,29H2,1H3,(H,31,32). The van der Waals surface area contributed by atoms with Crippen LogP contribution in [0.15, 0.2) is 54.7 Å². The van der Waals surface area contributed by atoms with E-state index < -0.39 is 0 Å². The van der Waals surface area contributed by atoms with Gasteiger partial charge < -0.3 is 21.1 Å². The Morgan fingerprint density at radius 2 is 1.94 bits per heavy atom. The average Bonchev–Trinajstić information content (AvgIpc) is 2.84. The summed E-state index contributed by atoms with van der Waals surface area (Å²) < 4.78 is 19.0. The molecule has 33 heavy (non-hydrogen) atoms. The molecule has 1 aromatic heterocycles. The highest BCUT2D eigenvalue weighted by Gasteiger charge is 2.20. The van der Waals surface area contributed by atoms with Gasteiger partial charge >= 0.3 is 0 Å². The van der Waals surface area contributed by atoms with E-state index in [2.05, 4.69) is 15.6 Å². The van der Waals surface area contributed by atoms with Crippen LogP contribution in [0.4, 0.5) is 15.9 Å². The molecule has 5 nitrogen and oxygen atoms in total. The number of nitrogens with two attached hydrogens (primary N) is 1. The highest BCUT2D eigenvalue weighted by molar-refractivity contribution is 6.33. The highest BCUT2D eigenvalue weighted by atomic mass is 35.5. The first-order valence-corrected chi connectivity index (χ1v) is 11.7. The Balaban J connectivity index is 1.53. The van der Waals surface area contributed by atoms with Gasteiger partial charge in [0.25, 0.3) is 0 Å². The second-order valence-corrected chi connectivity index (χ2v) is 8.95. The summed E-state index contributed by atoms with van der Waals surface area (Å²) >= 11 is 6.53. The fourth-order valence-corrected chi connectivity index (χ4v) is 4.56. The van der Waals surface area contributed by atoms with E-state index in [-0.39, 0.29) is 5.82 Å². The molecule has 0 saturated heterocycles. The van der Waals surface area contributed by atoms with Crippen molar-refractivity contribution >= 4 is 23.1 Å². The van der Waals surface area contributed by atoms with Crippen molar-refractivity contribution < 1.29 is 9.13 Å². The van der Waals surface area contributed by atoms with Gasteiger partial charge in [-0.3, -0.25) is 0 Å². The highest BCUT2D eigenvalue weighted by Crippen LogP contribution is 2.35. The molecule has 0 spiro atoms. The number of pyridine rings is 1. The molecule has 2 aromatic carbocycles. The molecule has 0 atom stereocenters. The summed E-state index contributed by atoms with van der Waals surface area (Å²) in [7, 11) is 1.63. The molecule has 4 N–H and O–H groups in total. The molecule has 7 heteroatoms. The van der Waals surface area contributed by atoms with Crippen LogP contribution in [0, 0.1) is 11.7 Å². The molecule has 0 unspecified atom stereocenters. The minimum atomic E-state index is -0.255. The Hall–Kier alpha value is -2.83. The lowest BCUT2D eigenvalue weighted by atomic mass is 9.86. The van der Waals surface area contributed by atoms with Gasteiger partial charge in [0.15, 0.2) is 0 Å². The fourth-order valence-electron chi connectivity index (χ4n) is 4.35. The molecule has 1 saturated carbocycles. The molecular formula is C26H30ClFN4O. The number of methoxy groups -OCH3 is 1. The number of ether oxygens (including phenoxy) is 1. The molecule has 0 aliphatic heterocycles. The fraction of sp³-hybridized carbons (Fsp3) is 0.346. The molecule has 1 aliphatic carbocycles. The summed E-state index contributed by atoms with van der Waals surface area (Å²) in [6.45, 7) is 1.24. The number of nitrogens with one attached hydrogen (secondary N) is 2. The van der Waals surface area contributed by atoms with Gasteiger partial charge in [0.05, 0.1) is 17.8 Å². The first-order chi connectivity index (χ1) is 16.1. The van der Waals surface area contributed by atoms with E-state index in [1.165, 1.54) is 12.1 Å². The maximum atomic E-state index is 13.5. The Bertz CT molecular complexity index is 1090. The molecule has 174 valence electrons. The quantitative estimate of drug-likeness (QED) is 0.373. The van der Waals surface area contributed by atoms with E-state index >= 15 is 0 Å². The van der Waals surface area contributed by atoms with Gasteiger partial charge in [0.2, 0.25) is 0 Å². The molecule has 4 rings (SSSR count). The topological polar surface area (TPSA) is 72.2 Å². The van der Waals surface area contributed by atoms with Gasteiger partial charge in [-0.05, 0) is 79.6 Å². The summed E-state index contributed by atoms with van der Waals surface area (Å²) in [5, 5.41) is 7.49. The van der Waals surface area contributed by atoms with Crippen molar-refractivity contribution in [2.24, 2.45) is 11.7 Å². The number of aromatic nitrogens is 1. The smallest absolute Gasteiger partial charge is 0.141 e. The minimum absolute atomic E-state index is 0.255. The van der Waals surface area contributed by atoms with Crippen molar-refractivity contribution in [2.75, 3.05) is 24.3 Å². The molecule has 3 aromatic rings. The largest absolute Gasteiger partial charge is 0.495 e. The Labute approximate surface area is 199 Å². The lowest BCUT2D eigenvalue weighted by molar-refractivity contribution is 0.344. The van der Waals surface area contributed by atoms with Crippen LogP contribution in [0.25, 0.3) is 11.1 Å². The van der Waals surface area contributed by atoms with Crippen molar-refractivity contribution in [2.45, 2.75) is 38.3 Å². The van der Waals surface area contributed by atoms with Crippen LogP contribution in [0.1, 0.15) is 31.2 Å². The molecule has 0 amide bonds. The van der Waals surface area contributed by atoms with E-state index in [0.717, 1.165) is 60.4 Å². The maximum absolute atomic E-state index is 13.5. The summed E-state index contributed by atoms with van der Waals surface area (Å²) in [5.41, 5.74) is 9.31. The van der Waals surface area contributed by atoms with Gasteiger partial charge in [0.1, 0.15) is 17.4 Å². The van der Waals surface area contributed by atoms with Gasteiger partial charge in [-0.2, -0.15) is 0 Å². The zero-order chi connectivity index (χ0) is 23.2. The third-order valence-corrected chi connectivity index (χ3v) is 6.57. The molecule has 0 radical (unpaired) electrons. The minimum Gasteiger partial charge on any atom is -0.495 e. The molecular weight excluding hydrogens is 439 g/mol. The van der Waals surface area contributed by atoms with Crippen molar-refractivity contribution in [3.05, 3.63) is 71.1 Å². The van der Waals surface area contributed by atoms with E-state index in [1.807, 2.05) is 30.3 Å². The summed E-state index contributed by atoms with van der Waals surface area (Å²) in [6.07, 6.45) is 6.17. The summed E-state index contributed by atoms with van der Waals surface area (Å²) in [4.78, 5) is 4.49. The van der Waals surface area contributed by atoms with Gasteiger partial charge in [-0.1, -0.05) is 29.8 Å². The van der Waals surface area contributed by atoms with Crippen LogP contribution >= 0.6 is 11.6 Å². The third-order valence-electron chi connectivity index (χ3n) is 6.27. The normalized spacial score (nSPS) is 18.1. The zero-order valence-electron chi connectivity index (χ0n) is 18.8. The van der Waals surface area contributed by atoms with Gasteiger partial charge in [0, 0.05) is 24.3 Å².